The van der Waals surface area contributed by atoms with Gasteiger partial charge in [-0.1, -0.05) is 35.3 Å². The van der Waals surface area contributed by atoms with Crippen LogP contribution in [0.2, 0.25) is 10.0 Å². The Labute approximate surface area is 138 Å². The van der Waals surface area contributed by atoms with E-state index < -0.39 is 0 Å². The third-order valence-corrected chi connectivity index (χ3v) is 4.50. The molecule has 20 heavy (non-hydrogen) atoms. The van der Waals surface area contributed by atoms with Gasteiger partial charge in [0.05, 0.1) is 0 Å². The van der Waals surface area contributed by atoms with Crippen molar-refractivity contribution in [2.24, 2.45) is 0 Å². The third kappa shape index (κ3) is 4.94. The fourth-order valence-electron chi connectivity index (χ4n) is 1.66. The van der Waals surface area contributed by atoms with Gasteiger partial charge in [-0.05, 0) is 47.8 Å². The second kappa shape index (κ2) is 7.84. The molecule has 0 atom stereocenters. The summed E-state index contributed by atoms with van der Waals surface area (Å²) in [6.07, 6.45) is 0.973. The average Bonchev–Trinajstić information content (AvgIpc) is 2.91. The van der Waals surface area contributed by atoms with Crippen molar-refractivity contribution in [1.29, 1.82) is 0 Å². The van der Waals surface area contributed by atoms with Gasteiger partial charge in [-0.15, -0.1) is 11.3 Å². The van der Waals surface area contributed by atoms with E-state index in [0.717, 1.165) is 18.5 Å². The molecule has 2 nitrogen and oxygen atoms in total. The van der Waals surface area contributed by atoms with Crippen molar-refractivity contribution in [3.8, 4) is 0 Å². The van der Waals surface area contributed by atoms with E-state index in [4.69, 9.17) is 35.4 Å². The van der Waals surface area contributed by atoms with Crippen molar-refractivity contribution < 1.29 is 0 Å². The Bertz CT molecular complexity index is 571. The molecule has 2 N–H and O–H groups in total. The summed E-state index contributed by atoms with van der Waals surface area (Å²) in [7, 11) is 0. The van der Waals surface area contributed by atoms with Gasteiger partial charge >= 0.3 is 0 Å². The van der Waals surface area contributed by atoms with Gasteiger partial charge in [0.2, 0.25) is 0 Å². The summed E-state index contributed by atoms with van der Waals surface area (Å²) in [6.45, 7) is 1.40. The molecular formula is C14H14Cl2N2S2. The SMILES string of the molecule is S=C(NCCc1cccs1)NCc1ccc(Cl)cc1Cl. The summed E-state index contributed by atoms with van der Waals surface area (Å²) in [5.74, 6) is 0. The van der Waals surface area contributed by atoms with Gasteiger partial charge < -0.3 is 10.6 Å². The number of thiophene rings is 1. The molecule has 1 aromatic carbocycles. The quantitative estimate of drug-likeness (QED) is 0.792. The van der Waals surface area contributed by atoms with Crippen LogP contribution in [0.5, 0.6) is 0 Å². The second-order valence-electron chi connectivity index (χ2n) is 4.17. The zero-order valence-corrected chi connectivity index (χ0v) is 13.8. The molecule has 0 radical (unpaired) electrons. The van der Waals surface area contributed by atoms with Crippen molar-refractivity contribution in [3.63, 3.8) is 0 Å². The second-order valence-corrected chi connectivity index (χ2v) is 6.46. The maximum atomic E-state index is 6.10. The van der Waals surface area contributed by atoms with Crippen molar-refractivity contribution >= 4 is 51.9 Å². The maximum Gasteiger partial charge on any atom is 0.166 e. The standard InChI is InChI=1S/C14H14Cl2N2S2/c15-11-4-3-10(13(16)8-11)9-18-14(19)17-6-5-12-2-1-7-20-12/h1-4,7-8H,5-6,9H2,(H2,17,18,19). The van der Waals surface area contributed by atoms with Gasteiger partial charge in [0, 0.05) is 28.0 Å². The number of rotatable bonds is 5. The molecule has 6 heteroatoms. The summed E-state index contributed by atoms with van der Waals surface area (Å²) in [6, 6.07) is 9.62. The Morgan fingerprint density at radius 1 is 1.20 bits per heavy atom. The highest BCUT2D eigenvalue weighted by Gasteiger charge is 2.02. The van der Waals surface area contributed by atoms with Gasteiger partial charge in [-0.25, -0.2) is 0 Å². The fraction of sp³-hybridized carbons (Fsp3) is 0.214. The molecule has 0 spiro atoms. The van der Waals surface area contributed by atoms with E-state index in [-0.39, 0.29) is 0 Å². The monoisotopic (exact) mass is 344 g/mol. The molecule has 0 fully saturated rings. The molecule has 2 aromatic rings. The zero-order chi connectivity index (χ0) is 14.4. The lowest BCUT2D eigenvalue weighted by molar-refractivity contribution is 0.820. The lowest BCUT2D eigenvalue weighted by Crippen LogP contribution is -2.35. The third-order valence-electron chi connectivity index (χ3n) is 2.69. The van der Waals surface area contributed by atoms with Crippen LogP contribution in [0.4, 0.5) is 0 Å². The molecule has 0 aliphatic rings. The minimum atomic E-state index is 0.584. The minimum absolute atomic E-state index is 0.584. The van der Waals surface area contributed by atoms with Crippen LogP contribution < -0.4 is 10.6 Å². The van der Waals surface area contributed by atoms with E-state index in [2.05, 4.69) is 28.1 Å². The molecule has 1 heterocycles. The van der Waals surface area contributed by atoms with Crippen molar-refractivity contribution in [1.82, 2.24) is 10.6 Å². The minimum Gasteiger partial charge on any atom is -0.362 e. The first-order chi connectivity index (χ1) is 9.65. The van der Waals surface area contributed by atoms with Gasteiger partial charge in [-0.2, -0.15) is 0 Å². The van der Waals surface area contributed by atoms with Gasteiger partial charge in [0.15, 0.2) is 5.11 Å². The van der Waals surface area contributed by atoms with Gasteiger partial charge in [-0.3, -0.25) is 0 Å². The normalized spacial score (nSPS) is 10.3. The van der Waals surface area contributed by atoms with Crippen molar-refractivity contribution in [3.05, 3.63) is 56.2 Å². The molecule has 0 saturated carbocycles. The van der Waals surface area contributed by atoms with Crippen LogP contribution >= 0.6 is 46.8 Å². The highest BCUT2D eigenvalue weighted by molar-refractivity contribution is 7.80. The zero-order valence-electron chi connectivity index (χ0n) is 10.7. The Kier molecular flexibility index (Phi) is 6.10. The summed E-state index contributed by atoms with van der Waals surface area (Å²) in [5, 5.41) is 10.3. The van der Waals surface area contributed by atoms with Gasteiger partial charge in [0.1, 0.15) is 0 Å². The first-order valence-electron chi connectivity index (χ1n) is 6.13. The average molecular weight is 345 g/mol. The van der Waals surface area contributed by atoms with Crippen LogP contribution in [0.15, 0.2) is 35.7 Å². The molecule has 2 rings (SSSR count). The lowest BCUT2D eigenvalue weighted by Gasteiger charge is -2.11. The van der Waals surface area contributed by atoms with Crippen LogP contribution in [-0.2, 0) is 13.0 Å². The van der Waals surface area contributed by atoms with Crippen LogP contribution in [0.1, 0.15) is 10.4 Å². The van der Waals surface area contributed by atoms with Crippen molar-refractivity contribution in [2.75, 3.05) is 6.54 Å². The molecule has 0 aliphatic carbocycles. The van der Waals surface area contributed by atoms with E-state index in [1.54, 1.807) is 17.4 Å². The van der Waals surface area contributed by atoms with Crippen LogP contribution in [0.3, 0.4) is 0 Å². The summed E-state index contributed by atoms with van der Waals surface area (Å²) < 4.78 is 0. The summed E-state index contributed by atoms with van der Waals surface area (Å²) >= 11 is 18.9. The van der Waals surface area contributed by atoms with Crippen molar-refractivity contribution in [2.45, 2.75) is 13.0 Å². The summed E-state index contributed by atoms with van der Waals surface area (Å²) in [4.78, 5) is 1.35. The fourth-order valence-corrected chi connectivity index (χ4v) is 3.02. The lowest BCUT2D eigenvalue weighted by atomic mass is 10.2. The maximum absolute atomic E-state index is 6.10. The Morgan fingerprint density at radius 3 is 2.75 bits per heavy atom. The number of benzene rings is 1. The van der Waals surface area contributed by atoms with E-state index in [1.807, 2.05) is 12.1 Å². The van der Waals surface area contributed by atoms with Crippen LogP contribution in [0.25, 0.3) is 0 Å². The number of nitrogens with one attached hydrogen (secondary N) is 2. The molecule has 106 valence electrons. The molecule has 0 saturated heterocycles. The predicted octanol–water partition coefficient (Wildman–Crippen LogP) is 4.26. The molecular weight excluding hydrogens is 331 g/mol. The first kappa shape index (κ1) is 15.6. The Morgan fingerprint density at radius 2 is 2.05 bits per heavy atom. The highest BCUT2D eigenvalue weighted by atomic mass is 35.5. The number of thiocarbonyl (C=S) groups is 1. The molecule has 0 aliphatic heterocycles. The van der Waals surface area contributed by atoms with Crippen LogP contribution in [0, 0.1) is 0 Å². The van der Waals surface area contributed by atoms with E-state index in [1.165, 1.54) is 4.88 Å². The largest absolute Gasteiger partial charge is 0.362 e. The molecule has 0 bridgehead atoms. The first-order valence-corrected chi connectivity index (χ1v) is 8.17. The molecule has 0 unspecified atom stereocenters. The predicted molar refractivity (Wildman–Crippen MR) is 91.9 cm³/mol. The number of halogens is 2. The van der Waals surface area contributed by atoms with E-state index in [9.17, 15) is 0 Å². The Hall–Kier alpha value is -0.810. The van der Waals surface area contributed by atoms with E-state index in [0.29, 0.717) is 21.7 Å². The topological polar surface area (TPSA) is 24.1 Å². The smallest absolute Gasteiger partial charge is 0.166 e. The molecule has 0 amide bonds. The highest BCUT2D eigenvalue weighted by Crippen LogP contribution is 2.20. The number of hydrogen-bond donors (Lipinski definition) is 2. The number of hydrogen-bond acceptors (Lipinski definition) is 2. The molecule has 1 aromatic heterocycles. The van der Waals surface area contributed by atoms with Gasteiger partial charge in [0.25, 0.3) is 0 Å². The van der Waals surface area contributed by atoms with E-state index >= 15 is 0 Å². The van der Waals surface area contributed by atoms with Crippen LogP contribution in [-0.4, -0.2) is 11.7 Å². The summed E-state index contributed by atoms with van der Waals surface area (Å²) in [5.41, 5.74) is 0.971. The Balaban J connectivity index is 1.72.